The van der Waals surface area contributed by atoms with Crippen LogP contribution in [0.1, 0.15) is 52.6 Å². The Balaban J connectivity index is 0.00000109. The zero-order valence-corrected chi connectivity index (χ0v) is 14.0. The van der Waals surface area contributed by atoms with Gasteiger partial charge in [-0.3, -0.25) is 24.5 Å². The van der Waals surface area contributed by atoms with Gasteiger partial charge in [-0.05, 0) is 6.07 Å². The number of anilines is 1. The Labute approximate surface area is 143 Å². The van der Waals surface area contributed by atoms with E-state index in [4.69, 9.17) is 0 Å². The van der Waals surface area contributed by atoms with Crippen LogP contribution >= 0.6 is 0 Å². The van der Waals surface area contributed by atoms with Gasteiger partial charge in [0.05, 0.1) is 16.2 Å². The fourth-order valence-electron chi connectivity index (χ4n) is 2.65. The summed E-state index contributed by atoms with van der Waals surface area (Å²) in [6.45, 7) is 5.25. The largest absolute Gasteiger partial charge is 0.326 e. The SMILES string of the molecule is CC.CC(=O)Nc1ccc([N+](=O)[O-])c2c1C(=O)c1ccccc1C2=O. The first-order valence-electron chi connectivity index (χ1n) is 7.69. The first-order valence-corrected chi connectivity index (χ1v) is 7.69. The molecule has 0 radical (unpaired) electrons. The first kappa shape index (κ1) is 18.0. The van der Waals surface area contributed by atoms with Crippen LogP contribution in [0.3, 0.4) is 0 Å². The van der Waals surface area contributed by atoms with Gasteiger partial charge in [0.1, 0.15) is 5.56 Å². The summed E-state index contributed by atoms with van der Waals surface area (Å²) in [7, 11) is 0. The number of nitrogens with zero attached hydrogens (tertiary/aromatic N) is 1. The Morgan fingerprint density at radius 1 is 0.960 bits per heavy atom. The predicted molar refractivity (Wildman–Crippen MR) is 92.1 cm³/mol. The van der Waals surface area contributed by atoms with Crippen molar-refractivity contribution in [3.05, 3.63) is 68.8 Å². The van der Waals surface area contributed by atoms with Gasteiger partial charge < -0.3 is 5.32 Å². The van der Waals surface area contributed by atoms with E-state index in [0.29, 0.717) is 0 Å². The van der Waals surface area contributed by atoms with E-state index in [0.717, 1.165) is 6.07 Å². The predicted octanol–water partition coefficient (Wildman–Crippen LogP) is 3.35. The van der Waals surface area contributed by atoms with Gasteiger partial charge in [0.2, 0.25) is 11.7 Å². The van der Waals surface area contributed by atoms with Gasteiger partial charge in [-0.25, -0.2) is 0 Å². The lowest BCUT2D eigenvalue weighted by Gasteiger charge is -2.20. The summed E-state index contributed by atoms with van der Waals surface area (Å²) < 4.78 is 0. The summed E-state index contributed by atoms with van der Waals surface area (Å²) in [5.74, 6) is -1.57. The van der Waals surface area contributed by atoms with Crippen LogP contribution in [-0.2, 0) is 4.79 Å². The minimum Gasteiger partial charge on any atom is -0.326 e. The minimum absolute atomic E-state index is 0.0888. The minimum atomic E-state index is -0.713. The van der Waals surface area contributed by atoms with Gasteiger partial charge in [-0.2, -0.15) is 0 Å². The number of fused-ring (bicyclic) bond motifs is 2. The Morgan fingerprint density at radius 3 is 1.96 bits per heavy atom. The number of hydrogen-bond donors (Lipinski definition) is 1. The quantitative estimate of drug-likeness (QED) is 0.568. The lowest BCUT2D eigenvalue weighted by Crippen LogP contribution is -2.24. The Bertz CT molecular complexity index is 902. The molecule has 25 heavy (non-hydrogen) atoms. The third-order valence-electron chi connectivity index (χ3n) is 3.56. The summed E-state index contributed by atoms with van der Waals surface area (Å²) >= 11 is 0. The molecule has 0 unspecified atom stereocenters. The molecule has 2 aromatic carbocycles. The zero-order chi connectivity index (χ0) is 18.7. The summed E-state index contributed by atoms with van der Waals surface area (Å²) in [6.07, 6.45) is 0. The van der Waals surface area contributed by atoms with E-state index in [1.54, 1.807) is 12.1 Å². The molecule has 0 atom stereocenters. The highest BCUT2D eigenvalue weighted by molar-refractivity contribution is 6.31. The molecule has 0 aromatic heterocycles. The molecular weight excluding hydrogens is 324 g/mol. The molecule has 0 saturated carbocycles. The third-order valence-corrected chi connectivity index (χ3v) is 3.56. The first-order chi connectivity index (χ1) is 11.9. The van der Waals surface area contributed by atoms with Crippen LogP contribution in [0.15, 0.2) is 36.4 Å². The van der Waals surface area contributed by atoms with Crippen LogP contribution in [0, 0.1) is 10.1 Å². The van der Waals surface area contributed by atoms with Crippen molar-refractivity contribution < 1.29 is 19.3 Å². The molecule has 3 rings (SSSR count). The van der Waals surface area contributed by atoms with Gasteiger partial charge >= 0.3 is 0 Å². The van der Waals surface area contributed by atoms with Crippen LogP contribution in [0.5, 0.6) is 0 Å². The second kappa shape index (κ2) is 7.04. The molecule has 2 aromatic rings. The molecule has 0 bridgehead atoms. The highest BCUT2D eigenvalue weighted by Gasteiger charge is 2.37. The zero-order valence-electron chi connectivity index (χ0n) is 14.0. The molecule has 1 N–H and O–H groups in total. The molecule has 1 aliphatic rings. The topological polar surface area (TPSA) is 106 Å². The lowest BCUT2D eigenvalue weighted by atomic mass is 9.82. The number of nitrogens with one attached hydrogen (secondary N) is 1. The molecule has 0 fully saturated rings. The molecular formula is C18H16N2O5. The fourth-order valence-corrected chi connectivity index (χ4v) is 2.65. The molecule has 0 spiro atoms. The molecule has 0 heterocycles. The number of carbonyl (C=O) groups excluding carboxylic acids is 3. The molecule has 128 valence electrons. The molecule has 1 amide bonds. The van der Waals surface area contributed by atoms with E-state index in [1.807, 2.05) is 13.8 Å². The number of nitro benzene ring substituents is 1. The van der Waals surface area contributed by atoms with E-state index in [1.165, 1.54) is 25.1 Å². The van der Waals surface area contributed by atoms with Gasteiger partial charge in [-0.15, -0.1) is 0 Å². The van der Waals surface area contributed by atoms with Crippen LogP contribution in [0.25, 0.3) is 0 Å². The smallest absolute Gasteiger partial charge is 0.281 e. The third kappa shape index (κ3) is 3.03. The molecule has 7 heteroatoms. The van der Waals surface area contributed by atoms with Crippen molar-refractivity contribution >= 4 is 28.8 Å². The lowest BCUT2D eigenvalue weighted by molar-refractivity contribution is -0.385. The van der Waals surface area contributed by atoms with Gasteiger partial charge in [-0.1, -0.05) is 38.1 Å². The van der Waals surface area contributed by atoms with Crippen molar-refractivity contribution in [2.75, 3.05) is 5.32 Å². The van der Waals surface area contributed by atoms with E-state index >= 15 is 0 Å². The molecule has 1 aliphatic carbocycles. The number of amides is 1. The van der Waals surface area contributed by atoms with Crippen LogP contribution in [0.2, 0.25) is 0 Å². The Morgan fingerprint density at radius 2 is 1.48 bits per heavy atom. The number of benzene rings is 2. The van der Waals surface area contributed by atoms with E-state index < -0.39 is 28.1 Å². The fraction of sp³-hybridized carbons (Fsp3) is 0.167. The maximum Gasteiger partial charge on any atom is 0.281 e. The van der Waals surface area contributed by atoms with Crippen molar-refractivity contribution in [3.63, 3.8) is 0 Å². The van der Waals surface area contributed by atoms with E-state index in [2.05, 4.69) is 5.32 Å². The normalized spacial score (nSPS) is 11.6. The highest BCUT2D eigenvalue weighted by atomic mass is 16.6. The molecule has 7 nitrogen and oxygen atoms in total. The molecule has 0 saturated heterocycles. The monoisotopic (exact) mass is 340 g/mol. The average molecular weight is 340 g/mol. The van der Waals surface area contributed by atoms with Crippen molar-refractivity contribution in [1.82, 2.24) is 0 Å². The standard InChI is InChI=1S/C16H10N2O5.C2H6/c1-8(19)17-11-6-7-12(18(22)23)14-13(11)15(20)9-4-2-3-5-10(9)16(14)21;1-2/h2-7H,1H3,(H,17,19);1-2H3. The van der Waals surface area contributed by atoms with Gasteiger partial charge in [0, 0.05) is 24.1 Å². The number of ketones is 2. The van der Waals surface area contributed by atoms with Crippen LogP contribution < -0.4 is 5.32 Å². The average Bonchev–Trinajstić information content (AvgIpc) is 2.60. The van der Waals surface area contributed by atoms with Gasteiger partial charge in [0.25, 0.3) is 5.69 Å². The maximum atomic E-state index is 12.7. The summed E-state index contributed by atoms with van der Waals surface area (Å²) in [4.78, 5) is 47.2. The molecule has 0 aliphatic heterocycles. The van der Waals surface area contributed by atoms with Gasteiger partial charge in [0.15, 0.2) is 5.78 Å². The Hall–Kier alpha value is -3.35. The summed E-state index contributed by atoms with van der Waals surface area (Å²) in [5.41, 5.74) is -0.513. The van der Waals surface area contributed by atoms with Crippen LogP contribution in [0.4, 0.5) is 11.4 Å². The van der Waals surface area contributed by atoms with E-state index in [-0.39, 0.29) is 27.9 Å². The number of nitro groups is 1. The van der Waals surface area contributed by atoms with E-state index in [9.17, 15) is 24.5 Å². The Kier molecular flexibility index (Phi) is 5.07. The summed E-state index contributed by atoms with van der Waals surface area (Å²) in [5, 5.41) is 13.7. The van der Waals surface area contributed by atoms with Crippen molar-refractivity contribution in [3.8, 4) is 0 Å². The second-order valence-corrected chi connectivity index (χ2v) is 5.02. The number of hydrogen-bond acceptors (Lipinski definition) is 5. The van der Waals surface area contributed by atoms with Crippen molar-refractivity contribution in [1.29, 1.82) is 0 Å². The van der Waals surface area contributed by atoms with Crippen LogP contribution in [-0.4, -0.2) is 22.4 Å². The van der Waals surface area contributed by atoms with Crippen molar-refractivity contribution in [2.24, 2.45) is 0 Å². The second-order valence-electron chi connectivity index (χ2n) is 5.02. The highest BCUT2D eigenvalue weighted by Crippen LogP contribution is 2.37. The number of carbonyl (C=O) groups is 3. The van der Waals surface area contributed by atoms with Crippen molar-refractivity contribution in [2.45, 2.75) is 20.8 Å². The maximum absolute atomic E-state index is 12.7. The summed E-state index contributed by atoms with van der Waals surface area (Å²) in [6, 6.07) is 8.49. The number of rotatable bonds is 2.